The van der Waals surface area contributed by atoms with Crippen molar-refractivity contribution in [2.24, 2.45) is 11.0 Å². The molecule has 1 N–H and O–H groups in total. The van der Waals surface area contributed by atoms with Crippen molar-refractivity contribution in [3.63, 3.8) is 0 Å². The number of nitrogens with one attached hydrogen (secondary N) is 1. The molecule has 0 aliphatic carbocycles. The Morgan fingerprint density at radius 3 is 3.00 bits per heavy atom. The molecule has 22 heavy (non-hydrogen) atoms. The van der Waals surface area contributed by atoms with Crippen LogP contribution >= 0.6 is 0 Å². The number of carbonyl (C=O) groups excluding carboxylic acids is 2. The fourth-order valence-electron chi connectivity index (χ4n) is 2.47. The fraction of sp³-hybridized carbons (Fsp3) is 0.429. The number of ether oxygens (including phenoxy) is 1. The molecule has 1 aliphatic heterocycles. The van der Waals surface area contributed by atoms with Crippen molar-refractivity contribution in [3.05, 3.63) is 28.6 Å². The van der Waals surface area contributed by atoms with Gasteiger partial charge in [0, 0.05) is 37.0 Å². The van der Waals surface area contributed by atoms with Gasteiger partial charge in [-0.25, -0.2) is 0 Å². The summed E-state index contributed by atoms with van der Waals surface area (Å²) in [4.78, 5) is 27.7. The molecule has 0 saturated carbocycles. The summed E-state index contributed by atoms with van der Waals surface area (Å²) < 4.78 is 5.29. The van der Waals surface area contributed by atoms with Gasteiger partial charge in [0.1, 0.15) is 5.75 Å². The molecule has 1 heterocycles. The van der Waals surface area contributed by atoms with Gasteiger partial charge in [-0.3, -0.25) is 9.59 Å². The third kappa shape index (κ3) is 3.48. The van der Waals surface area contributed by atoms with Crippen LogP contribution < -0.4 is 15.0 Å². The number of carbonyl (C=O) groups is 2. The van der Waals surface area contributed by atoms with Crippen molar-refractivity contribution in [1.82, 2.24) is 0 Å². The van der Waals surface area contributed by atoms with Gasteiger partial charge in [-0.15, -0.1) is 0 Å². The van der Waals surface area contributed by atoms with Crippen molar-refractivity contribution >= 4 is 23.2 Å². The molecule has 1 aliphatic rings. The molecular weight excluding hydrogens is 286 g/mol. The Hall–Kier alpha value is -2.73. The minimum Gasteiger partial charge on any atom is -0.495 e. The molecule has 2 rings (SSSR count). The van der Waals surface area contributed by atoms with E-state index in [1.807, 2.05) is 0 Å². The van der Waals surface area contributed by atoms with Gasteiger partial charge in [-0.2, -0.15) is 0 Å². The van der Waals surface area contributed by atoms with Crippen LogP contribution in [0.5, 0.6) is 5.75 Å². The first kappa shape index (κ1) is 15.7. The van der Waals surface area contributed by atoms with Crippen molar-refractivity contribution in [2.45, 2.75) is 13.3 Å². The van der Waals surface area contributed by atoms with Crippen LogP contribution in [0.4, 0.5) is 11.4 Å². The third-order valence-corrected chi connectivity index (χ3v) is 3.40. The zero-order chi connectivity index (χ0) is 16.1. The highest BCUT2D eigenvalue weighted by Crippen LogP contribution is 2.35. The summed E-state index contributed by atoms with van der Waals surface area (Å²) in [5, 5.41) is 6.21. The number of azide groups is 1. The molecule has 2 amide bonds. The van der Waals surface area contributed by atoms with E-state index >= 15 is 0 Å². The Kier molecular flexibility index (Phi) is 4.85. The molecular formula is C14H17N5O3. The largest absolute Gasteiger partial charge is 0.495 e. The van der Waals surface area contributed by atoms with E-state index in [0.29, 0.717) is 30.1 Å². The Balaban J connectivity index is 2.27. The predicted molar refractivity (Wildman–Crippen MR) is 81.8 cm³/mol. The van der Waals surface area contributed by atoms with Crippen molar-refractivity contribution in [1.29, 1.82) is 0 Å². The smallest absolute Gasteiger partial charge is 0.227 e. The first-order valence-corrected chi connectivity index (χ1v) is 6.82. The van der Waals surface area contributed by atoms with E-state index < -0.39 is 0 Å². The van der Waals surface area contributed by atoms with Gasteiger partial charge in [-0.1, -0.05) is 5.11 Å². The van der Waals surface area contributed by atoms with Crippen molar-refractivity contribution < 1.29 is 14.3 Å². The van der Waals surface area contributed by atoms with E-state index in [9.17, 15) is 9.59 Å². The lowest BCUT2D eigenvalue weighted by atomic mass is 10.1. The van der Waals surface area contributed by atoms with Gasteiger partial charge in [-0.05, 0) is 29.6 Å². The lowest BCUT2D eigenvalue weighted by Crippen LogP contribution is -2.25. The number of rotatable bonds is 5. The van der Waals surface area contributed by atoms with Gasteiger partial charge in [0.2, 0.25) is 11.8 Å². The topological polar surface area (TPSA) is 107 Å². The summed E-state index contributed by atoms with van der Waals surface area (Å²) in [6, 6.07) is 5.12. The number of hydrogen-bond acceptors (Lipinski definition) is 4. The summed E-state index contributed by atoms with van der Waals surface area (Å²) in [5.74, 6) is 0.283. The summed E-state index contributed by atoms with van der Waals surface area (Å²) >= 11 is 0. The molecule has 0 bridgehead atoms. The highest BCUT2D eigenvalue weighted by Gasteiger charge is 2.31. The molecule has 1 aromatic rings. The van der Waals surface area contributed by atoms with Crippen LogP contribution in [-0.4, -0.2) is 32.0 Å². The number of amides is 2. The summed E-state index contributed by atoms with van der Waals surface area (Å²) in [6.07, 6.45) is 0.326. The molecule has 1 aromatic carbocycles. The second-order valence-corrected chi connectivity index (χ2v) is 5.06. The van der Waals surface area contributed by atoms with E-state index in [1.54, 1.807) is 23.1 Å². The van der Waals surface area contributed by atoms with Crippen molar-refractivity contribution in [3.8, 4) is 5.75 Å². The van der Waals surface area contributed by atoms with Gasteiger partial charge >= 0.3 is 0 Å². The van der Waals surface area contributed by atoms with Crippen LogP contribution in [0.25, 0.3) is 10.4 Å². The van der Waals surface area contributed by atoms with Crippen molar-refractivity contribution in [2.75, 3.05) is 30.4 Å². The number of nitrogens with zero attached hydrogens (tertiary/aromatic N) is 4. The SMILES string of the molecule is COc1ccc(NC(C)=O)cc1N1CC(CN=[N+]=[N-])CC1=O. The Labute approximate surface area is 127 Å². The average molecular weight is 303 g/mol. The monoisotopic (exact) mass is 303 g/mol. The third-order valence-electron chi connectivity index (χ3n) is 3.40. The van der Waals surface area contributed by atoms with Crippen LogP contribution in [-0.2, 0) is 9.59 Å². The molecule has 0 aromatic heterocycles. The second kappa shape index (κ2) is 6.82. The van der Waals surface area contributed by atoms with E-state index in [1.165, 1.54) is 14.0 Å². The maximum atomic E-state index is 12.2. The van der Waals surface area contributed by atoms with E-state index in [2.05, 4.69) is 15.3 Å². The molecule has 1 atom stereocenters. The van der Waals surface area contributed by atoms with Crippen LogP contribution in [0.15, 0.2) is 23.3 Å². The molecule has 8 heteroatoms. The zero-order valence-electron chi connectivity index (χ0n) is 12.4. The van der Waals surface area contributed by atoms with Gasteiger partial charge in [0.05, 0.1) is 12.8 Å². The predicted octanol–water partition coefficient (Wildman–Crippen LogP) is 2.32. The summed E-state index contributed by atoms with van der Waals surface area (Å²) in [6.45, 7) is 2.16. The van der Waals surface area contributed by atoms with Crippen LogP contribution in [0.2, 0.25) is 0 Å². The molecule has 8 nitrogen and oxygen atoms in total. The number of hydrogen-bond donors (Lipinski definition) is 1. The highest BCUT2D eigenvalue weighted by atomic mass is 16.5. The maximum absolute atomic E-state index is 12.2. The normalized spacial score (nSPS) is 17.1. The zero-order valence-corrected chi connectivity index (χ0v) is 12.4. The number of anilines is 2. The standard InChI is InChI=1S/C14H17N5O3/c1-9(20)17-11-3-4-13(22-2)12(6-11)19-8-10(5-14(19)21)7-16-18-15/h3-4,6,10H,5,7-8H2,1-2H3,(H,17,20). The fourth-order valence-corrected chi connectivity index (χ4v) is 2.47. The Morgan fingerprint density at radius 2 is 2.36 bits per heavy atom. The van der Waals surface area contributed by atoms with E-state index in [-0.39, 0.29) is 24.3 Å². The molecule has 1 unspecified atom stereocenters. The second-order valence-electron chi connectivity index (χ2n) is 5.06. The quantitative estimate of drug-likeness (QED) is 0.512. The Morgan fingerprint density at radius 1 is 1.59 bits per heavy atom. The number of methoxy groups -OCH3 is 1. The van der Waals surface area contributed by atoms with Gasteiger partial charge in [0.15, 0.2) is 0 Å². The van der Waals surface area contributed by atoms with Crippen LogP contribution in [0.1, 0.15) is 13.3 Å². The highest BCUT2D eigenvalue weighted by molar-refractivity contribution is 5.98. The molecule has 1 fully saturated rings. The van der Waals surface area contributed by atoms with Gasteiger partial charge < -0.3 is 15.0 Å². The molecule has 0 radical (unpaired) electrons. The van der Waals surface area contributed by atoms with Crippen LogP contribution in [0, 0.1) is 5.92 Å². The lowest BCUT2D eigenvalue weighted by Gasteiger charge is -2.20. The summed E-state index contributed by atoms with van der Waals surface area (Å²) in [5.41, 5.74) is 9.57. The van der Waals surface area contributed by atoms with Crippen LogP contribution in [0.3, 0.4) is 0 Å². The minimum atomic E-state index is -0.190. The molecule has 116 valence electrons. The lowest BCUT2D eigenvalue weighted by molar-refractivity contribution is -0.117. The first-order chi connectivity index (χ1) is 10.5. The van der Waals surface area contributed by atoms with E-state index in [0.717, 1.165) is 0 Å². The first-order valence-electron chi connectivity index (χ1n) is 6.82. The minimum absolute atomic E-state index is 0.0162. The number of benzene rings is 1. The van der Waals surface area contributed by atoms with E-state index in [4.69, 9.17) is 10.3 Å². The molecule has 0 spiro atoms. The summed E-state index contributed by atoms with van der Waals surface area (Å²) in [7, 11) is 1.52. The average Bonchev–Trinajstić information content (AvgIpc) is 2.85. The molecule has 1 saturated heterocycles. The Bertz CT molecular complexity index is 639. The maximum Gasteiger partial charge on any atom is 0.227 e. The van der Waals surface area contributed by atoms with Gasteiger partial charge in [0.25, 0.3) is 0 Å².